The molecule has 26 heavy (non-hydrogen) atoms. The molecule has 1 aromatic carbocycles. The lowest BCUT2D eigenvalue weighted by Crippen LogP contribution is -2.55. The Balaban J connectivity index is 1.56. The minimum atomic E-state index is -0.233. The maximum absolute atomic E-state index is 12.7. The summed E-state index contributed by atoms with van der Waals surface area (Å²) in [4.78, 5) is 27.1. The molecule has 3 rings (SSSR count). The molecule has 0 N–H and O–H groups in total. The van der Waals surface area contributed by atoms with Crippen LogP contribution >= 0.6 is 0 Å². The number of benzene rings is 1. The van der Waals surface area contributed by atoms with E-state index in [0.29, 0.717) is 26.2 Å². The summed E-state index contributed by atoms with van der Waals surface area (Å²) in [6.07, 6.45) is 4.83. The summed E-state index contributed by atoms with van der Waals surface area (Å²) < 4.78 is 10.9. The van der Waals surface area contributed by atoms with Crippen LogP contribution in [0.1, 0.15) is 51.0 Å². The Labute approximate surface area is 155 Å². The summed E-state index contributed by atoms with van der Waals surface area (Å²) >= 11 is 0. The van der Waals surface area contributed by atoms with E-state index in [1.165, 1.54) is 0 Å². The van der Waals surface area contributed by atoms with E-state index < -0.39 is 0 Å². The first kappa shape index (κ1) is 18.9. The average Bonchev–Trinajstić information content (AvgIpc) is 2.66. The number of carbonyl (C=O) groups is 2. The fraction of sp³-hybridized carbons (Fsp3) is 0.619. The summed E-state index contributed by atoms with van der Waals surface area (Å²) in [5.74, 6) is 0.344. The van der Waals surface area contributed by atoms with Crippen molar-refractivity contribution in [3.8, 4) is 0 Å². The third-order valence-electron chi connectivity index (χ3n) is 5.54. The maximum atomic E-state index is 12.7. The van der Waals surface area contributed by atoms with Crippen LogP contribution in [0, 0.1) is 5.92 Å². The van der Waals surface area contributed by atoms with Crippen LogP contribution < -0.4 is 0 Å². The van der Waals surface area contributed by atoms with Crippen LogP contribution in [-0.4, -0.2) is 42.1 Å². The number of fused-ring (bicyclic) bond motifs is 2. The lowest BCUT2D eigenvalue weighted by Gasteiger charge is -2.47. The molecule has 0 radical (unpaired) electrons. The van der Waals surface area contributed by atoms with Gasteiger partial charge < -0.3 is 14.4 Å². The normalized spacial score (nSPS) is 25.0. The quantitative estimate of drug-likeness (QED) is 0.692. The van der Waals surface area contributed by atoms with Crippen LogP contribution in [-0.2, 0) is 20.9 Å². The minimum Gasteiger partial charge on any atom is -0.445 e. The molecule has 2 heterocycles. The highest BCUT2D eigenvalue weighted by Crippen LogP contribution is 2.38. The molecule has 2 saturated heterocycles. The van der Waals surface area contributed by atoms with Crippen molar-refractivity contribution >= 4 is 11.9 Å². The number of ketones is 1. The first-order chi connectivity index (χ1) is 12.7. The van der Waals surface area contributed by atoms with Crippen molar-refractivity contribution in [3.05, 3.63) is 35.9 Å². The van der Waals surface area contributed by atoms with E-state index in [1.54, 1.807) is 0 Å². The van der Waals surface area contributed by atoms with E-state index in [1.807, 2.05) is 42.2 Å². The number of rotatable bonds is 7. The molecule has 5 nitrogen and oxygen atoms in total. The number of piperidine rings is 2. The zero-order chi connectivity index (χ0) is 18.4. The van der Waals surface area contributed by atoms with Crippen LogP contribution in [0.3, 0.4) is 0 Å². The number of hydrogen-bond acceptors (Lipinski definition) is 4. The van der Waals surface area contributed by atoms with Crippen LogP contribution in [0.15, 0.2) is 30.3 Å². The molecule has 2 fully saturated rings. The van der Waals surface area contributed by atoms with Crippen molar-refractivity contribution in [3.63, 3.8) is 0 Å². The Morgan fingerprint density at radius 2 is 1.81 bits per heavy atom. The zero-order valence-corrected chi connectivity index (χ0v) is 15.6. The molecule has 1 amide bonds. The molecule has 1 aromatic rings. The Kier molecular flexibility index (Phi) is 6.67. The highest BCUT2D eigenvalue weighted by Gasteiger charge is 2.43. The van der Waals surface area contributed by atoms with E-state index in [4.69, 9.17) is 9.47 Å². The van der Waals surface area contributed by atoms with Crippen molar-refractivity contribution in [2.45, 2.75) is 64.1 Å². The van der Waals surface area contributed by atoms with E-state index in [9.17, 15) is 9.59 Å². The van der Waals surface area contributed by atoms with Crippen LogP contribution in [0.5, 0.6) is 0 Å². The summed E-state index contributed by atoms with van der Waals surface area (Å²) in [5, 5.41) is 0. The van der Waals surface area contributed by atoms with Crippen LogP contribution in [0.25, 0.3) is 0 Å². The van der Waals surface area contributed by atoms with Gasteiger partial charge in [0.1, 0.15) is 12.4 Å². The summed E-state index contributed by atoms with van der Waals surface area (Å²) in [6.45, 7) is 3.38. The SMILES string of the molecule is CCOCCC(=O)C1CC2CCCC(C1)N2C(=O)OCc1ccccc1. The van der Waals surface area contributed by atoms with Crippen molar-refractivity contribution in [2.75, 3.05) is 13.2 Å². The Morgan fingerprint density at radius 3 is 2.46 bits per heavy atom. The van der Waals surface area contributed by atoms with E-state index in [0.717, 1.165) is 37.7 Å². The molecule has 5 heteroatoms. The van der Waals surface area contributed by atoms with Crippen LogP contribution in [0.4, 0.5) is 4.79 Å². The topological polar surface area (TPSA) is 55.8 Å². The molecule has 0 spiro atoms. The number of ether oxygens (including phenoxy) is 2. The highest BCUT2D eigenvalue weighted by molar-refractivity contribution is 5.81. The minimum absolute atomic E-state index is 0.0592. The van der Waals surface area contributed by atoms with Gasteiger partial charge in [0.15, 0.2) is 0 Å². The molecule has 0 saturated carbocycles. The van der Waals surface area contributed by atoms with Gasteiger partial charge in [0.05, 0.1) is 6.61 Å². The molecule has 2 unspecified atom stereocenters. The van der Waals surface area contributed by atoms with Gasteiger partial charge in [-0.2, -0.15) is 0 Å². The van der Waals surface area contributed by atoms with Crippen molar-refractivity contribution in [1.29, 1.82) is 0 Å². The van der Waals surface area contributed by atoms with Gasteiger partial charge in [0.2, 0.25) is 0 Å². The third-order valence-corrected chi connectivity index (χ3v) is 5.54. The molecular formula is C21H29NO4. The Bertz CT molecular complexity index is 589. The number of Topliss-reactive ketones (excluding diaryl/α,β-unsaturated/α-hetero) is 1. The lowest BCUT2D eigenvalue weighted by molar-refractivity contribution is -0.127. The van der Waals surface area contributed by atoms with Gasteiger partial charge in [-0.05, 0) is 44.6 Å². The number of carbonyl (C=O) groups excluding carboxylic acids is 2. The Hall–Kier alpha value is -1.88. The first-order valence-electron chi connectivity index (χ1n) is 9.78. The summed E-state index contributed by atoms with van der Waals surface area (Å²) in [6, 6.07) is 10.0. The van der Waals surface area contributed by atoms with Gasteiger partial charge in [0.25, 0.3) is 0 Å². The molecule has 0 aliphatic carbocycles. The second-order valence-corrected chi connectivity index (χ2v) is 7.27. The van der Waals surface area contributed by atoms with Gasteiger partial charge >= 0.3 is 6.09 Å². The standard InChI is InChI=1S/C21H29NO4/c1-2-25-12-11-20(23)17-13-18-9-6-10-19(14-17)22(18)21(24)26-15-16-7-4-3-5-8-16/h3-5,7-8,17-19H,2,6,9-15H2,1H3. The molecule has 2 atom stereocenters. The molecule has 2 aliphatic rings. The fourth-order valence-corrected chi connectivity index (χ4v) is 4.26. The summed E-state index contributed by atoms with van der Waals surface area (Å²) in [7, 11) is 0. The number of nitrogens with zero attached hydrogens (tertiary/aromatic N) is 1. The number of amides is 1. The van der Waals surface area contributed by atoms with Crippen molar-refractivity contribution in [1.82, 2.24) is 4.90 Å². The lowest BCUT2D eigenvalue weighted by atomic mass is 9.76. The second-order valence-electron chi connectivity index (χ2n) is 7.27. The number of hydrogen-bond donors (Lipinski definition) is 0. The van der Waals surface area contributed by atoms with E-state index in [2.05, 4.69) is 0 Å². The maximum Gasteiger partial charge on any atom is 0.410 e. The molecule has 0 aromatic heterocycles. The molecule has 2 aliphatic heterocycles. The Morgan fingerprint density at radius 1 is 1.12 bits per heavy atom. The fourth-order valence-electron chi connectivity index (χ4n) is 4.26. The monoisotopic (exact) mass is 359 g/mol. The predicted octanol–water partition coefficient (Wildman–Crippen LogP) is 3.95. The predicted molar refractivity (Wildman–Crippen MR) is 98.7 cm³/mol. The second kappa shape index (κ2) is 9.17. The largest absolute Gasteiger partial charge is 0.445 e. The molecule has 2 bridgehead atoms. The zero-order valence-electron chi connectivity index (χ0n) is 15.6. The van der Waals surface area contributed by atoms with Gasteiger partial charge in [-0.3, -0.25) is 4.79 Å². The van der Waals surface area contributed by atoms with Gasteiger partial charge in [-0.25, -0.2) is 4.79 Å². The van der Waals surface area contributed by atoms with E-state index in [-0.39, 0.29) is 29.9 Å². The van der Waals surface area contributed by atoms with Crippen LogP contribution in [0.2, 0.25) is 0 Å². The van der Waals surface area contributed by atoms with Gasteiger partial charge in [0, 0.05) is 31.0 Å². The molecular weight excluding hydrogens is 330 g/mol. The van der Waals surface area contributed by atoms with E-state index >= 15 is 0 Å². The summed E-state index contributed by atoms with van der Waals surface area (Å²) in [5.41, 5.74) is 0.993. The first-order valence-corrected chi connectivity index (χ1v) is 9.78. The van der Waals surface area contributed by atoms with Crippen molar-refractivity contribution < 1.29 is 19.1 Å². The van der Waals surface area contributed by atoms with Gasteiger partial charge in [-0.1, -0.05) is 30.3 Å². The average molecular weight is 359 g/mol. The smallest absolute Gasteiger partial charge is 0.410 e. The van der Waals surface area contributed by atoms with Gasteiger partial charge in [-0.15, -0.1) is 0 Å². The highest BCUT2D eigenvalue weighted by atomic mass is 16.6. The van der Waals surface area contributed by atoms with Crippen molar-refractivity contribution in [2.24, 2.45) is 5.92 Å². The molecule has 142 valence electrons. The third kappa shape index (κ3) is 4.64.